The second-order valence-corrected chi connectivity index (χ2v) is 8.12. The van der Waals surface area contributed by atoms with Gasteiger partial charge in [-0.2, -0.15) is 0 Å². The number of nitrogens with one attached hydrogen (secondary N) is 1. The van der Waals surface area contributed by atoms with Gasteiger partial charge in [0.2, 0.25) is 0 Å². The molecule has 0 saturated carbocycles. The van der Waals surface area contributed by atoms with E-state index in [0.29, 0.717) is 11.3 Å². The van der Waals surface area contributed by atoms with Gasteiger partial charge in [0.1, 0.15) is 11.3 Å². The Morgan fingerprint density at radius 2 is 1.87 bits per heavy atom. The first-order valence-corrected chi connectivity index (χ1v) is 9.37. The van der Waals surface area contributed by atoms with E-state index in [1.165, 1.54) is 36.6 Å². The van der Waals surface area contributed by atoms with E-state index in [1.807, 2.05) is 12.1 Å². The minimum Gasteiger partial charge on any atom is -0.494 e. The van der Waals surface area contributed by atoms with Crippen LogP contribution < -0.4 is 9.46 Å². The maximum absolute atomic E-state index is 12.4. The predicted molar refractivity (Wildman–Crippen MR) is 93.4 cm³/mol. The molecule has 2 aromatic carbocycles. The third kappa shape index (κ3) is 3.37. The summed E-state index contributed by atoms with van der Waals surface area (Å²) in [4.78, 5) is 4.25. The van der Waals surface area contributed by atoms with Crippen LogP contribution in [0.2, 0.25) is 10.0 Å². The van der Waals surface area contributed by atoms with Crippen molar-refractivity contribution in [3.05, 3.63) is 46.4 Å². The molecule has 0 bridgehead atoms. The number of fused-ring (bicyclic) bond motifs is 1. The van der Waals surface area contributed by atoms with Crippen molar-refractivity contribution in [2.45, 2.75) is 4.90 Å². The van der Waals surface area contributed by atoms with Gasteiger partial charge in [0.05, 0.1) is 16.7 Å². The van der Waals surface area contributed by atoms with E-state index in [4.69, 9.17) is 27.9 Å². The predicted octanol–water partition coefficient (Wildman–Crippen LogP) is 4.41. The van der Waals surface area contributed by atoms with Gasteiger partial charge in [0.15, 0.2) is 5.13 Å². The summed E-state index contributed by atoms with van der Waals surface area (Å²) in [6.07, 6.45) is 0. The lowest BCUT2D eigenvalue weighted by Crippen LogP contribution is -2.12. The molecule has 0 spiro atoms. The lowest BCUT2D eigenvalue weighted by atomic mass is 10.3. The molecule has 3 aromatic rings. The molecule has 5 nitrogen and oxygen atoms in total. The number of sulfonamides is 1. The minimum absolute atomic E-state index is 0.0266. The van der Waals surface area contributed by atoms with Crippen molar-refractivity contribution in [3.8, 4) is 5.75 Å². The summed E-state index contributed by atoms with van der Waals surface area (Å²) in [6, 6.07) is 9.52. The summed E-state index contributed by atoms with van der Waals surface area (Å²) < 4.78 is 33.4. The van der Waals surface area contributed by atoms with Gasteiger partial charge in [-0.25, -0.2) is 13.4 Å². The summed E-state index contributed by atoms with van der Waals surface area (Å²) in [5.74, 6) is 0.579. The zero-order chi connectivity index (χ0) is 16.6. The number of halogens is 2. The Bertz CT molecular complexity index is 967. The Labute approximate surface area is 146 Å². The van der Waals surface area contributed by atoms with Crippen LogP contribution in [0.25, 0.3) is 10.2 Å². The van der Waals surface area contributed by atoms with E-state index < -0.39 is 10.0 Å². The standard InChI is InChI=1S/C14H10Cl2N2O3S2/c1-21-11-3-2-4-12-13(11)17-14(22-12)18-23(19,20)10-6-8(15)5-9(16)7-10/h2-7H,1H3,(H,17,18). The van der Waals surface area contributed by atoms with Crippen molar-refractivity contribution >= 4 is 59.9 Å². The number of ether oxygens (including phenoxy) is 1. The van der Waals surface area contributed by atoms with E-state index >= 15 is 0 Å². The second-order valence-electron chi connectivity index (χ2n) is 4.54. The SMILES string of the molecule is COc1cccc2sc(NS(=O)(=O)c3cc(Cl)cc(Cl)c3)nc12. The molecule has 1 N–H and O–H groups in total. The summed E-state index contributed by atoms with van der Waals surface area (Å²) >= 11 is 12.9. The Kier molecular flexibility index (Phi) is 4.37. The summed E-state index contributed by atoms with van der Waals surface area (Å²) in [6.45, 7) is 0. The fourth-order valence-corrected chi connectivity index (χ4v) is 4.83. The molecule has 0 aliphatic rings. The molecule has 9 heteroatoms. The van der Waals surface area contributed by atoms with Crippen molar-refractivity contribution in [2.24, 2.45) is 0 Å². The molecule has 1 heterocycles. The highest BCUT2D eigenvalue weighted by Crippen LogP contribution is 2.33. The highest BCUT2D eigenvalue weighted by Gasteiger charge is 2.18. The third-order valence-electron chi connectivity index (χ3n) is 2.97. The van der Waals surface area contributed by atoms with Gasteiger partial charge in [-0.15, -0.1) is 0 Å². The van der Waals surface area contributed by atoms with Crippen molar-refractivity contribution in [3.63, 3.8) is 0 Å². The maximum atomic E-state index is 12.4. The number of benzene rings is 2. The van der Waals surface area contributed by atoms with E-state index in [0.717, 1.165) is 4.70 Å². The van der Waals surface area contributed by atoms with Crippen LogP contribution in [0.3, 0.4) is 0 Å². The van der Waals surface area contributed by atoms with Crippen molar-refractivity contribution in [1.82, 2.24) is 4.98 Å². The van der Waals surface area contributed by atoms with Crippen LogP contribution in [-0.2, 0) is 10.0 Å². The summed E-state index contributed by atoms with van der Waals surface area (Å²) in [5, 5.41) is 0.716. The molecule has 120 valence electrons. The molecule has 3 rings (SSSR count). The van der Waals surface area contributed by atoms with E-state index in [9.17, 15) is 8.42 Å². The van der Waals surface area contributed by atoms with Gasteiger partial charge >= 0.3 is 0 Å². The molecule has 0 saturated heterocycles. The first kappa shape index (κ1) is 16.3. The van der Waals surface area contributed by atoms with Crippen molar-refractivity contribution < 1.29 is 13.2 Å². The molecule has 0 radical (unpaired) electrons. The number of para-hydroxylation sites is 1. The van der Waals surface area contributed by atoms with E-state index in [2.05, 4.69) is 9.71 Å². The average molecular weight is 389 g/mol. The second kappa shape index (κ2) is 6.16. The number of nitrogens with zero attached hydrogens (tertiary/aromatic N) is 1. The van der Waals surface area contributed by atoms with Crippen LogP contribution in [0.5, 0.6) is 5.75 Å². The first-order chi connectivity index (χ1) is 10.9. The highest BCUT2D eigenvalue weighted by atomic mass is 35.5. The molecule has 1 aromatic heterocycles. The Hall–Kier alpha value is -1.54. The van der Waals surface area contributed by atoms with Crippen LogP contribution in [0.15, 0.2) is 41.3 Å². The third-order valence-corrected chi connectivity index (χ3v) is 5.79. The molecular formula is C14H10Cl2N2O3S2. The molecule has 0 unspecified atom stereocenters. The smallest absolute Gasteiger partial charge is 0.263 e. The van der Waals surface area contributed by atoms with Crippen LogP contribution in [0, 0.1) is 0 Å². The molecule has 0 aliphatic carbocycles. The van der Waals surface area contributed by atoms with E-state index in [-0.39, 0.29) is 20.1 Å². The normalized spacial score (nSPS) is 11.6. The molecule has 0 atom stereocenters. The van der Waals surface area contributed by atoms with Crippen molar-refractivity contribution in [2.75, 3.05) is 11.8 Å². The van der Waals surface area contributed by atoms with Gasteiger partial charge in [-0.1, -0.05) is 40.6 Å². The molecule has 0 aliphatic heterocycles. The zero-order valence-electron chi connectivity index (χ0n) is 11.7. The Morgan fingerprint density at radius 1 is 1.17 bits per heavy atom. The number of thiazole rings is 1. The summed E-state index contributed by atoms with van der Waals surface area (Å²) in [7, 11) is -2.30. The topological polar surface area (TPSA) is 68.3 Å². The van der Waals surface area contributed by atoms with Gasteiger partial charge in [-0.3, -0.25) is 4.72 Å². The summed E-state index contributed by atoms with van der Waals surface area (Å²) in [5.41, 5.74) is 0.599. The molecular weight excluding hydrogens is 379 g/mol. The quantitative estimate of drug-likeness (QED) is 0.718. The monoisotopic (exact) mass is 388 g/mol. The van der Waals surface area contributed by atoms with Crippen LogP contribution >= 0.6 is 34.5 Å². The molecule has 0 fully saturated rings. The fraction of sp³-hybridized carbons (Fsp3) is 0.0714. The van der Waals surface area contributed by atoms with Crippen LogP contribution in [-0.4, -0.2) is 20.5 Å². The highest BCUT2D eigenvalue weighted by molar-refractivity contribution is 7.93. The lowest BCUT2D eigenvalue weighted by molar-refractivity contribution is 0.419. The molecule has 23 heavy (non-hydrogen) atoms. The Morgan fingerprint density at radius 3 is 2.52 bits per heavy atom. The lowest BCUT2D eigenvalue weighted by Gasteiger charge is -2.06. The molecule has 0 amide bonds. The van der Waals surface area contributed by atoms with Crippen molar-refractivity contribution in [1.29, 1.82) is 0 Å². The largest absolute Gasteiger partial charge is 0.494 e. The van der Waals surface area contributed by atoms with E-state index in [1.54, 1.807) is 6.07 Å². The van der Waals surface area contributed by atoms with Gasteiger partial charge in [-0.05, 0) is 30.3 Å². The van der Waals surface area contributed by atoms with Crippen LogP contribution in [0.4, 0.5) is 5.13 Å². The zero-order valence-corrected chi connectivity index (χ0v) is 14.9. The first-order valence-electron chi connectivity index (χ1n) is 6.31. The maximum Gasteiger partial charge on any atom is 0.263 e. The minimum atomic E-state index is -3.84. The number of hydrogen-bond donors (Lipinski definition) is 1. The number of anilines is 1. The van der Waals surface area contributed by atoms with Gasteiger partial charge < -0.3 is 4.74 Å². The number of methoxy groups -OCH3 is 1. The number of aromatic nitrogens is 1. The van der Waals surface area contributed by atoms with Gasteiger partial charge in [0, 0.05) is 10.0 Å². The fourth-order valence-electron chi connectivity index (χ4n) is 1.99. The van der Waals surface area contributed by atoms with Gasteiger partial charge in [0.25, 0.3) is 10.0 Å². The number of hydrogen-bond acceptors (Lipinski definition) is 5. The average Bonchev–Trinajstić information content (AvgIpc) is 2.87. The van der Waals surface area contributed by atoms with Crippen LogP contribution in [0.1, 0.15) is 0 Å². The number of rotatable bonds is 4. The Balaban J connectivity index is 2.00.